The third-order valence-electron chi connectivity index (χ3n) is 3.23. The Hall–Kier alpha value is -1.89. The van der Waals surface area contributed by atoms with Crippen molar-refractivity contribution in [1.29, 1.82) is 0 Å². The molecule has 106 valence electrons. The lowest BCUT2D eigenvalue weighted by Gasteiger charge is -2.40. The number of nitrogens with zero attached hydrogens (tertiary/aromatic N) is 2. The minimum Gasteiger partial charge on any atom is -0.315 e. The molecule has 20 heavy (non-hydrogen) atoms. The summed E-state index contributed by atoms with van der Waals surface area (Å²) in [5.74, 6) is -1.32. The summed E-state index contributed by atoms with van der Waals surface area (Å²) in [4.78, 5) is 41.4. The lowest BCUT2D eigenvalue weighted by Crippen LogP contribution is -2.65. The number of carbonyl (C=O) groups is 3. The van der Waals surface area contributed by atoms with Gasteiger partial charge in [-0.25, -0.2) is 4.98 Å². The molecular formula is C13H15N3O3S. The van der Waals surface area contributed by atoms with Gasteiger partial charge in [0.25, 0.3) is 11.8 Å². The number of hydrogen-bond donors (Lipinski definition) is 1. The number of pyridine rings is 1. The van der Waals surface area contributed by atoms with Crippen LogP contribution in [0.1, 0.15) is 24.2 Å². The number of carbonyl (C=O) groups excluding carboxylic acids is 3. The molecule has 0 unspecified atom stereocenters. The molecule has 1 N–H and O–H groups in total. The molecule has 0 aliphatic carbocycles. The topological polar surface area (TPSA) is 79.4 Å². The van der Waals surface area contributed by atoms with Crippen molar-refractivity contribution in [1.82, 2.24) is 15.2 Å². The van der Waals surface area contributed by atoms with Crippen LogP contribution in [0, 0.1) is 0 Å². The monoisotopic (exact) mass is 293 g/mol. The maximum Gasteiger partial charge on any atom is 0.257 e. The summed E-state index contributed by atoms with van der Waals surface area (Å²) >= 11 is 1.35. The first-order chi connectivity index (χ1) is 9.37. The summed E-state index contributed by atoms with van der Waals surface area (Å²) in [5, 5.41) is 2.82. The minimum atomic E-state index is -1.07. The number of amides is 3. The Morgan fingerprint density at radius 2 is 2.15 bits per heavy atom. The first-order valence-corrected chi connectivity index (χ1v) is 7.25. The van der Waals surface area contributed by atoms with Gasteiger partial charge in [0.05, 0.1) is 5.56 Å². The first kappa shape index (κ1) is 14.5. The molecule has 0 radical (unpaired) electrons. The number of imide groups is 1. The van der Waals surface area contributed by atoms with Crippen molar-refractivity contribution in [2.45, 2.75) is 24.4 Å². The fraction of sp³-hybridized carbons (Fsp3) is 0.385. The van der Waals surface area contributed by atoms with Gasteiger partial charge in [0.1, 0.15) is 17.1 Å². The van der Waals surface area contributed by atoms with Crippen LogP contribution in [-0.2, 0) is 9.59 Å². The van der Waals surface area contributed by atoms with Crippen LogP contribution in [-0.4, -0.2) is 45.9 Å². The zero-order valence-electron chi connectivity index (χ0n) is 11.5. The molecule has 1 fully saturated rings. The fourth-order valence-electron chi connectivity index (χ4n) is 1.97. The Kier molecular flexibility index (Phi) is 3.80. The number of thioether (sulfide) groups is 1. The van der Waals surface area contributed by atoms with Crippen LogP contribution in [0.5, 0.6) is 0 Å². The Bertz CT molecular complexity index is 586. The van der Waals surface area contributed by atoms with Crippen molar-refractivity contribution in [3.63, 3.8) is 0 Å². The third kappa shape index (κ3) is 2.40. The number of rotatable bonds is 2. The van der Waals surface area contributed by atoms with E-state index in [1.54, 1.807) is 32.2 Å². The van der Waals surface area contributed by atoms with E-state index in [1.165, 1.54) is 16.7 Å². The van der Waals surface area contributed by atoms with Gasteiger partial charge in [0.15, 0.2) is 0 Å². The normalized spacial score (nSPS) is 17.9. The second kappa shape index (κ2) is 5.24. The van der Waals surface area contributed by atoms with E-state index in [9.17, 15) is 14.4 Å². The lowest BCUT2D eigenvalue weighted by atomic mass is 9.97. The molecule has 7 heteroatoms. The molecular weight excluding hydrogens is 278 g/mol. The molecule has 1 saturated heterocycles. The summed E-state index contributed by atoms with van der Waals surface area (Å²) in [5.41, 5.74) is -0.674. The average Bonchev–Trinajstić information content (AvgIpc) is 2.42. The molecule has 0 atom stereocenters. The van der Waals surface area contributed by atoms with Gasteiger partial charge in [-0.3, -0.25) is 19.7 Å². The van der Waals surface area contributed by atoms with E-state index in [2.05, 4.69) is 10.3 Å². The van der Waals surface area contributed by atoms with E-state index >= 15 is 0 Å². The van der Waals surface area contributed by atoms with Gasteiger partial charge in [-0.15, -0.1) is 11.8 Å². The molecule has 0 saturated carbocycles. The standard InChI is InChI=1S/C13H15N3O3S/c1-13(2)12(19)15-9(17)7-16(13)11(18)8-5-4-6-14-10(8)20-3/h4-6H,7H2,1-3H3,(H,15,17,19). The predicted octanol–water partition coefficient (Wildman–Crippen LogP) is 0.681. The Morgan fingerprint density at radius 1 is 1.45 bits per heavy atom. The molecule has 2 heterocycles. The van der Waals surface area contributed by atoms with Gasteiger partial charge >= 0.3 is 0 Å². The molecule has 0 aromatic carbocycles. The Labute approximate surface area is 120 Å². The number of nitrogens with one attached hydrogen (secondary N) is 1. The SMILES string of the molecule is CSc1ncccc1C(=O)N1CC(=O)NC(=O)C1(C)C. The molecule has 3 amide bonds. The van der Waals surface area contributed by atoms with Crippen molar-refractivity contribution in [3.05, 3.63) is 23.9 Å². The van der Waals surface area contributed by atoms with E-state index in [0.717, 1.165) is 0 Å². The third-order valence-corrected chi connectivity index (χ3v) is 3.94. The molecule has 1 aromatic heterocycles. The highest BCUT2D eigenvalue weighted by molar-refractivity contribution is 7.98. The summed E-state index contributed by atoms with van der Waals surface area (Å²) in [6, 6.07) is 3.31. The van der Waals surface area contributed by atoms with Crippen LogP contribution >= 0.6 is 11.8 Å². The molecule has 0 spiro atoms. The highest BCUT2D eigenvalue weighted by atomic mass is 32.2. The van der Waals surface area contributed by atoms with E-state index in [1.807, 2.05) is 6.26 Å². The van der Waals surface area contributed by atoms with Crippen LogP contribution < -0.4 is 5.32 Å². The van der Waals surface area contributed by atoms with Gasteiger partial charge in [0.2, 0.25) is 5.91 Å². The van der Waals surface area contributed by atoms with Crippen LogP contribution in [0.3, 0.4) is 0 Å². The maximum absolute atomic E-state index is 12.6. The maximum atomic E-state index is 12.6. The van der Waals surface area contributed by atoms with Crippen LogP contribution in [0.2, 0.25) is 0 Å². The second-order valence-corrected chi connectivity index (χ2v) is 5.68. The van der Waals surface area contributed by atoms with Crippen LogP contribution in [0.25, 0.3) is 0 Å². The van der Waals surface area contributed by atoms with Crippen molar-refractivity contribution in [2.75, 3.05) is 12.8 Å². The van der Waals surface area contributed by atoms with Gasteiger partial charge in [-0.2, -0.15) is 0 Å². The van der Waals surface area contributed by atoms with Gasteiger partial charge in [0, 0.05) is 6.20 Å². The highest BCUT2D eigenvalue weighted by Crippen LogP contribution is 2.24. The first-order valence-electron chi connectivity index (χ1n) is 6.03. The zero-order valence-corrected chi connectivity index (χ0v) is 12.3. The van der Waals surface area contributed by atoms with Crippen LogP contribution in [0.4, 0.5) is 0 Å². The molecule has 0 bridgehead atoms. The largest absolute Gasteiger partial charge is 0.315 e. The van der Waals surface area contributed by atoms with Crippen molar-refractivity contribution in [2.24, 2.45) is 0 Å². The van der Waals surface area contributed by atoms with Gasteiger partial charge < -0.3 is 4.90 Å². The Balaban J connectivity index is 2.41. The molecule has 1 aliphatic rings. The lowest BCUT2D eigenvalue weighted by molar-refractivity contribution is -0.143. The smallest absolute Gasteiger partial charge is 0.257 e. The molecule has 1 aliphatic heterocycles. The minimum absolute atomic E-state index is 0.139. The van der Waals surface area contributed by atoms with Crippen molar-refractivity contribution >= 4 is 29.5 Å². The van der Waals surface area contributed by atoms with Crippen molar-refractivity contribution in [3.8, 4) is 0 Å². The van der Waals surface area contributed by atoms with Gasteiger partial charge in [-0.05, 0) is 32.2 Å². The second-order valence-electron chi connectivity index (χ2n) is 4.89. The van der Waals surface area contributed by atoms with Crippen LogP contribution in [0.15, 0.2) is 23.4 Å². The van der Waals surface area contributed by atoms with E-state index in [0.29, 0.717) is 10.6 Å². The molecule has 1 aromatic rings. The van der Waals surface area contributed by atoms with E-state index in [4.69, 9.17) is 0 Å². The Morgan fingerprint density at radius 3 is 2.80 bits per heavy atom. The summed E-state index contributed by atoms with van der Waals surface area (Å²) in [6.07, 6.45) is 3.42. The molecule has 2 rings (SSSR count). The summed E-state index contributed by atoms with van der Waals surface area (Å²) in [6.45, 7) is 3.09. The highest BCUT2D eigenvalue weighted by Gasteiger charge is 2.44. The number of hydrogen-bond acceptors (Lipinski definition) is 5. The number of piperazine rings is 1. The summed E-state index contributed by atoms with van der Waals surface area (Å²) < 4.78 is 0. The van der Waals surface area contributed by atoms with Crippen molar-refractivity contribution < 1.29 is 14.4 Å². The predicted molar refractivity (Wildman–Crippen MR) is 74.3 cm³/mol. The zero-order chi connectivity index (χ0) is 14.9. The molecule has 6 nitrogen and oxygen atoms in total. The summed E-state index contributed by atoms with van der Waals surface area (Å²) in [7, 11) is 0. The number of aromatic nitrogens is 1. The van der Waals surface area contributed by atoms with Gasteiger partial charge in [-0.1, -0.05) is 0 Å². The average molecular weight is 293 g/mol. The quantitative estimate of drug-likeness (QED) is 0.641. The van der Waals surface area contributed by atoms with E-state index < -0.39 is 17.4 Å². The van der Waals surface area contributed by atoms with E-state index in [-0.39, 0.29) is 12.5 Å². The fourth-order valence-corrected chi connectivity index (χ4v) is 2.51.